The Balaban J connectivity index is 2.52. The van der Waals surface area contributed by atoms with Crippen molar-refractivity contribution >= 4 is 17.5 Å². The van der Waals surface area contributed by atoms with Crippen molar-refractivity contribution in [2.24, 2.45) is 0 Å². The highest BCUT2D eigenvalue weighted by molar-refractivity contribution is 6.30. The van der Waals surface area contributed by atoms with Crippen LogP contribution in [0.2, 0.25) is 5.15 Å². The lowest BCUT2D eigenvalue weighted by molar-refractivity contribution is -0.127. The molecular formula is C13H19ClN2O2. The zero-order chi connectivity index (χ0) is 13.5. The first kappa shape index (κ1) is 14.8. The van der Waals surface area contributed by atoms with E-state index in [0.717, 1.165) is 12.8 Å². The predicted molar refractivity (Wildman–Crippen MR) is 71.8 cm³/mol. The fourth-order valence-electron chi connectivity index (χ4n) is 1.57. The Morgan fingerprint density at radius 3 is 2.89 bits per heavy atom. The highest BCUT2D eigenvalue weighted by Crippen LogP contribution is 2.21. The van der Waals surface area contributed by atoms with Crippen LogP contribution in [0.25, 0.3) is 0 Å². The van der Waals surface area contributed by atoms with Crippen LogP contribution in [0.5, 0.6) is 5.75 Å². The van der Waals surface area contributed by atoms with Gasteiger partial charge in [0.1, 0.15) is 0 Å². The first-order valence-corrected chi connectivity index (χ1v) is 6.50. The molecule has 18 heavy (non-hydrogen) atoms. The van der Waals surface area contributed by atoms with E-state index in [1.54, 1.807) is 25.3 Å². The lowest BCUT2D eigenvalue weighted by atomic mass is 10.2. The lowest BCUT2D eigenvalue weighted by Crippen LogP contribution is -2.41. The van der Waals surface area contributed by atoms with Crippen molar-refractivity contribution in [2.75, 3.05) is 0 Å². The fraction of sp³-hybridized carbons (Fsp3) is 0.538. The number of rotatable bonds is 6. The smallest absolute Gasteiger partial charge is 0.260 e. The second-order valence-electron chi connectivity index (χ2n) is 4.25. The summed E-state index contributed by atoms with van der Waals surface area (Å²) in [5.41, 5.74) is 0. The Morgan fingerprint density at radius 1 is 1.56 bits per heavy atom. The third-order valence-corrected chi connectivity index (χ3v) is 2.79. The Kier molecular flexibility index (Phi) is 5.92. The van der Waals surface area contributed by atoms with Gasteiger partial charge in [0.05, 0.1) is 0 Å². The number of hydrogen-bond acceptors (Lipinski definition) is 3. The number of pyridine rings is 1. The third kappa shape index (κ3) is 4.53. The molecule has 100 valence electrons. The molecular weight excluding hydrogens is 252 g/mol. The number of amides is 1. The minimum atomic E-state index is -0.592. The first-order valence-electron chi connectivity index (χ1n) is 6.12. The van der Waals surface area contributed by atoms with E-state index in [9.17, 15) is 4.79 Å². The van der Waals surface area contributed by atoms with Crippen LogP contribution in [-0.2, 0) is 4.79 Å². The summed E-state index contributed by atoms with van der Waals surface area (Å²) in [6, 6.07) is 3.55. The molecule has 0 bridgehead atoms. The Hall–Kier alpha value is -1.29. The van der Waals surface area contributed by atoms with Gasteiger partial charge >= 0.3 is 0 Å². The number of carbonyl (C=O) groups is 1. The molecule has 1 amide bonds. The maximum atomic E-state index is 11.8. The zero-order valence-corrected chi connectivity index (χ0v) is 11.7. The fourth-order valence-corrected chi connectivity index (χ4v) is 1.73. The number of hydrogen-bond donors (Lipinski definition) is 1. The molecule has 1 aromatic heterocycles. The molecule has 1 aromatic rings. The second-order valence-corrected chi connectivity index (χ2v) is 4.61. The molecule has 0 aliphatic carbocycles. The summed E-state index contributed by atoms with van der Waals surface area (Å²) in [6.07, 6.45) is 2.96. The van der Waals surface area contributed by atoms with Gasteiger partial charge in [-0.2, -0.15) is 0 Å². The molecule has 0 radical (unpaired) electrons. The van der Waals surface area contributed by atoms with E-state index in [2.05, 4.69) is 17.2 Å². The Bertz CT molecular complexity index is 398. The van der Waals surface area contributed by atoms with Crippen molar-refractivity contribution in [3.63, 3.8) is 0 Å². The Labute approximate surface area is 113 Å². The van der Waals surface area contributed by atoms with Gasteiger partial charge < -0.3 is 10.1 Å². The number of aromatic nitrogens is 1. The van der Waals surface area contributed by atoms with Crippen molar-refractivity contribution in [3.8, 4) is 5.75 Å². The summed E-state index contributed by atoms with van der Waals surface area (Å²) >= 11 is 5.86. The van der Waals surface area contributed by atoms with Crippen molar-refractivity contribution in [1.82, 2.24) is 10.3 Å². The maximum Gasteiger partial charge on any atom is 0.260 e. The topological polar surface area (TPSA) is 51.2 Å². The van der Waals surface area contributed by atoms with Crippen LogP contribution in [-0.4, -0.2) is 23.0 Å². The summed E-state index contributed by atoms with van der Waals surface area (Å²) < 4.78 is 5.48. The second kappa shape index (κ2) is 7.21. The van der Waals surface area contributed by atoms with Crippen molar-refractivity contribution in [1.29, 1.82) is 0 Å². The summed E-state index contributed by atoms with van der Waals surface area (Å²) in [6.45, 7) is 5.75. The number of halogens is 1. The van der Waals surface area contributed by atoms with Gasteiger partial charge in [0.25, 0.3) is 5.91 Å². The van der Waals surface area contributed by atoms with Gasteiger partial charge in [-0.1, -0.05) is 24.9 Å². The quantitative estimate of drug-likeness (QED) is 0.809. The van der Waals surface area contributed by atoms with Crippen LogP contribution in [0.1, 0.15) is 33.6 Å². The summed E-state index contributed by atoms with van der Waals surface area (Å²) in [5.74, 6) is 0.279. The average molecular weight is 271 g/mol. The van der Waals surface area contributed by atoms with E-state index in [4.69, 9.17) is 16.3 Å². The largest absolute Gasteiger partial charge is 0.478 e. The molecule has 0 saturated carbocycles. The molecule has 2 atom stereocenters. The molecule has 1 N–H and O–H groups in total. The molecule has 0 saturated heterocycles. The number of nitrogens with one attached hydrogen (secondary N) is 1. The van der Waals surface area contributed by atoms with E-state index in [1.807, 2.05) is 6.92 Å². The van der Waals surface area contributed by atoms with Gasteiger partial charge in [0, 0.05) is 12.2 Å². The van der Waals surface area contributed by atoms with E-state index < -0.39 is 6.10 Å². The van der Waals surface area contributed by atoms with E-state index in [1.165, 1.54) is 0 Å². The predicted octanol–water partition coefficient (Wildman–Crippen LogP) is 2.81. The van der Waals surface area contributed by atoms with Crippen LogP contribution in [0, 0.1) is 0 Å². The number of ether oxygens (including phenoxy) is 1. The third-order valence-electron chi connectivity index (χ3n) is 2.51. The normalized spacial score (nSPS) is 13.8. The lowest BCUT2D eigenvalue weighted by Gasteiger charge is -2.18. The molecule has 0 aliphatic heterocycles. The van der Waals surface area contributed by atoms with Gasteiger partial charge in [0.15, 0.2) is 17.0 Å². The van der Waals surface area contributed by atoms with E-state index >= 15 is 0 Å². The summed E-state index contributed by atoms with van der Waals surface area (Å²) in [7, 11) is 0. The molecule has 1 rings (SSSR count). The van der Waals surface area contributed by atoms with E-state index in [-0.39, 0.29) is 17.1 Å². The van der Waals surface area contributed by atoms with Gasteiger partial charge in [-0.05, 0) is 32.4 Å². The van der Waals surface area contributed by atoms with Gasteiger partial charge in [-0.3, -0.25) is 4.79 Å². The van der Waals surface area contributed by atoms with Crippen LogP contribution in [0.4, 0.5) is 0 Å². The first-order chi connectivity index (χ1) is 8.54. The monoisotopic (exact) mass is 270 g/mol. The maximum absolute atomic E-state index is 11.8. The highest BCUT2D eigenvalue weighted by Gasteiger charge is 2.17. The molecule has 0 aromatic carbocycles. The Morgan fingerprint density at radius 2 is 2.28 bits per heavy atom. The SMILES string of the molecule is CCCC(C)NC(=O)C(C)Oc1cccnc1Cl. The van der Waals surface area contributed by atoms with Gasteiger partial charge in [-0.25, -0.2) is 4.98 Å². The molecule has 5 heteroatoms. The molecule has 1 heterocycles. The van der Waals surface area contributed by atoms with Crippen molar-refractivity contribution in [2.45, 2.75) is 45.8 Å². The molecule has 0 aliphatic rings. The molecule has 0 fully saturated rings. The summed E-state index contributed by atoms with van der Waals surface area (Å²) in [4.78, 5) is 15.7. The zero-order valence-electron chi connectivity index (χ0n) is 10.9. The van der Waals surface area contributed by atoms with Crippen LogP contribution < -0.4 is 10.1 Å². The van der Waals surface area contributed by atoms with Crippen molar-refractivity contribution < 1.29 is 9.53 Å². The van der Waals surface area contributed by atoms with Gasteiger partial charge in [0.2, 0.25) is 0 Å². The minimum absolute atomic E-state index is 0.143. The highest BCUT2D eigenvalue weighted by atomic mass is 35.5. The van der Waals surface area contributed by atoms with Crippen LogP contribution >= 0.6 is 11.6 Å². The minimum Gasteiger partial charge on any atom is -0.478 e. The van der Waals surface area contributed by atoms with Crippen molar-refractivity contribution in [3.05, 3.63) is 23.5 Å². The van der Waals surface area contributed by atoms with Crippen LogP contribution in [0.15, 0.2) is 18.3 Å². The van der Waals surface area contributed by atoms with Crippen LogP contribution in [0.3, 0.4) is 0 Å². The molecule has 2 unspecified atom stereocenters. The number of carbonyl (C=O) groups excluding carboxylic acids is 1. The van der Waals surface area contributed by atoms with Gasteiger partial charge in [-0.15, -0.1) is 0 Å². The molecule has 4 nitrogen and oxygen atoms in total. The summed E-state index contributed by atoms with van der Waals surface area (Å²) in [5, 5.41) is 3.16. The average Bonchev–Trinajstić information content (AvgIpc) is 2.32. The molecule has 0 spiro atoms. The standard InChI is InChI=1S/C13H19ClN2O2/c1-4-6-9(2)16-13(17)10(3)18-11-7-5-8-15-12(11)14/h5,7-10H,4,6H2,1-3H3,(H,16,17). The number of nitrogens with zero attached hydrogens (tertiary/aromatic N) is 1. The van der Waals surface area contributed by atoms with E-state index in [0.29, 0.717) is 5.75 Å².